The van der Waals surface area contributed by atoms with E-state index in [1.807, 2.05) is 0 Å². The summed E-state index contributed by atoms with van der Waals surface area (Å²) in [6.45, 7) is 8.01. The molecule has 1 fully saturated rings. The Morgan fingerprint density at radius 2 is 2.10 bits per heavy atom. The van der Waals surface area contributed by atoms with E-state index >= 15 is 0 Å². The first-order chi connectivity index (χ1) is 9.71. The first-order valence-corrected chi connectivity index (χ1v) is 7.01. The maximum Gasteiger partial charge on any atom is 0.409 e. The van der Waals surface area contributed by atoms with E-state index in [9.17, 15) is 9.59 Å². The van der Waals surface area contributed by atoms with E-state index in [1.165, 1.54) is 4.90 Å². The third kappa shape index (κ3) is 5.14. The van der Waals surface area contributed by atoms with Crippen molar-refractivity contribution in [3.8, 4) is 6.07 Å². The van der Waals surface area contributed by atoms with Crippen LogP contribution in [0.5, 0.6) is 0 Å². The van der Waals surface area contributed by atoms with Crippen molar-refractivity contribution in [3.63, 3.8) is 0 Å². The van der Waals surface area contributed by atoms with Gasteiger partial charge in [0.2, 0.25) is 0 Å². The first-order valence-electron chi connectivity index (χ1n) is 7.01. The lowest BCUT2D eigenvalue weighted by atomic mass is 9.95. The average molecular weight is 297 g/mol. The number of nitrogens with zero attached hydrogens (tertiary/aromatic N) is 2. The van der Waals surface area contributed by atoms with Crippen LogP contribution in [0.2, 0.25) is 0 Å². The number of hydrogen-bond donors (Lipinski definition) is 1. The van der Waals surface area contributed by atoms with E-state index in [0.717, 1.165) is 0 Å². The smallest absolute Gasteiger partial charge is 0.409 e. The summed E-state index contributed by atoms with van der Waals surface area (Å²) in [6.07, 6.45) is -0.396. The first kappa shape index (κ1) is 17.1. The van der Waals surface area contributed by atoms with Crippen molar-refractivity contribution in [2.45, 2.75) is 51.7 Å². The second kappa shape index (κ2) is 6.66. The van der Waals surface area contributed by atoms with Gasteiger partial charge in [0.15, 0.2) is 0 Å². The Morgan fingerprint density at radius 3 is 2.62 bits per heavy atom. The molecule has 21 heavy (non-hydrogen) atoms. The summed E-state index contributed by atoms with van der Waals surface area (Å²) in [5.74, 6) is 0. The van der Waals surface area contributed by atoms with Crippen molar-refractivity contribution in [2.24, 2.45) is 0 Å². The van der Waals surface area contributed by atoms with Crippen LogP contribution < -0.4 is 5.32 Å². The maximum atomic E-state index is 11.9. The van der Waals surface area contributed by atoms with Crippen LogP contribution in [0.15, 0.2) is 0 Å². The third-order valence-electron chi connectivity index (χ3n) is 3.06. The Balaban J connectivity index is 2.71. The normalized spacial score (nSPS) is 21.6. The minimum Gasteiger partial charge on any atom is -0.450 e. The molecule has 0 aromatic rings. The topological polar surface area (TPSA) is 91.7 Å². The van der Waals surface area contributed by atoms with Crippen LogP contribution in [0.25, 0.3) is 0 Å². The van der Waals surface area contributed by atoms with Crippen molar-refractivity contribution >= 4 is 12.2 Å². The number of hydrogen-bond acceptors (Lipinski definition) is 5. The monoisotopic (exact) mass is 297 g/mol. The summed E-state index contributed by atoms with van der Waals surface area (Å²) in [5, 5.41) is 11.7. The molecule has 0 bridgehead atoms. The second-order valence-corrected chi connectivity index (χ2v) is 6.11. The molecule has 2 amide bonds. The van der Waals surface area contributed by atoms with Crippen molar-refractivity contribution in [3.05, 3.63) is 0 Å². The minimum absolute atomic E-state index is 0.113. The molecule has 0 saturated carbocycles. The summed E-state index contributed by atoms with van der Waals surface area (Å²) in [5.41, 5.74) is -1.39. The summed E-state index contributed by atoms with van der Waals surface area (Å²) in [7, 11) is 0. The quantitative estimate of drug-likeness (QED) is 0.860. The van der Waals surface area contributed by atoms with Crippen LogP contribution in [0, 0.1) is 11.3 Å². The van der Waals surface area contributed by atoms with Crippen LogP contribution in [0.1, 0.15) is 40.5 Å². The highest BCUT2D eigenvalue weighted by atomic mass is 16.6. The van der Waals surface area contributed by atoms with E-state index in [2.05, 4.69) is 11.4 Å². The van der Waals surface area contributed by atoms with Crippen LogP contribution in [-0.4, -0.2) is 47.9 Å². The average Bonchev–Trinajstić information content (AvgIpc) is 2.71. The minimum atomic E-state index is -0.774. The molecule has 0 spiro atoms. The molecule has 0 radical (unpaired) electrons. The SMILES string of the molecule is CCOC(=O)N1CCC(CC#N)(NC(=O)OC(C)(C)C)C1. The van der Waals surface area contributed by atoms with Crippen molar-refractivity contribution < 1.29 is 19.1 Å². The molecule has 7 nitrogen and oxygen atoms in total. The summed E-state index contributed by atoms with van der Waals surface area (Å²) < 4.78 is 10.2. The number of carbonyl (C=O) groups is 2. The largest absolute Gasteiger partial charge is 0.450 e. The summed E-state index contributed by atoms with van der Waals surface area (Å²) in [4.78, 5) is 25.1. The molecule has 1 unspecified atom stereocenters. The predicted molar refractivity (Wildman–Crippen MR) is 75.5 cm³/mol. The zero-order valence-corrected chi connectivity index (χ0v) is 13.1. The molecule has 1 N–H and O–H groups in total. The highest BCUT2D eigenvalue weighted by Gasteiger charge is 2.42. The van der Waals surface area contributed by atoms with Crippen LogP contribution in [0.3, 0.4) is 0 Å². The van der Waals surface area contributed by atoms with Gasteiger partial charge < -0.3 is 19.7 Å². The fourth-order valence-electron chi connectivity index (χ4n) is 2.20. The zero-order chi connectivity index (χ0) is 16.1. The number of rotatable bonds is 3. The van der Waals surface area contributed by atoms with Crippen LogP contribution >= 0.6 is 0 Å². The number of likely N-dealkylation sites (tertiary alicyclic amines) is 1. The zero-order valence-electron chi connectivity index (χ0n) is 13.1. The highest BCUT2D eigenvalue weighted by Crippen LogP contribution is 2.26. The predicted octanol–water partition coefficient (Wildman–Crippen LogP) is 2.03. The number of ether oxygens (including phenoxy) is 2. The summed E-state index contributed by atoms with van der Waals surface area (Å²) in [6, 6.07) is 2.06. The molecule has 1 aliphatic rings. The molecule has 0 aromatic heterocycles. The molecular formula is C14H23N3O4. The van der Waals surface area contributed by atoms with Gasteiger partial charge in [-0.25, -0.2) is 9.59 Å². The fourth-order valence-corrected chi connectivity index (χ4v) is 2.20. The number of carbonyl (C=O) groups excluding carboxylic acids is 2. The number of nitriles is 1. The Kier molecular flexibility index (Phi) is 5.41. The molecule has 1 aliphatic heterocycles. The molecule has 1 heterocycles. The lowest BCUT2D eigenvalue weighted by Crippen LogP contribution is -2.52. The van der Waals surface area contributed by atoms with Gasteiger partial charge in [-0.15, -0.1) is 0 Å². The van der Waals surface area contributed by atoms with Gasteiger partial charge in [0.1, 0.15) is 5.60 Å². The number of amides is 2. The summed E-state index contributed by atoms with van der Waals surface area (Å²) >= 11 is 0. The molecule has 1 rings (SSSR count). The Labute approximate surface area is 125 Å². The van der Waals surface area contributed by atoms with E-state index < -0.39 is 23.3 Å². The van der Waals surface area contributed by atoms with Crippen molar-refractivity contribution in [2.75, 3.05) is 19.7 Å². The molecule has 1 atom stereocenters. The second-order valence-electron chi connectivity index (χ2n) is 6.11. The van der Waals surface area contributed by atoms with Gasteiger partial charge >= 0.3 is 12.2 Å². The Morgan fingerprint density at radius 1 is 1.43 bits per heavy atom. The van der Waals surface area contributed by atoms with E-state index in [0.29, 0.717) is 19.6 Å². The lowest BCUT2D eigenvalue weighted by molar-refractivity contribution is 0.0455. The van der Waals surface area contributed by atoms with Gasteiger partial charge in [0.05, 0.1) is 24.6 Å². The van der Waals surface area contributed by atoms with E-state index in [1.54, 1.807) is 27.7 Å². The Hall–Kier alpha value is -1.97. The van der Waals surface area contributed by atoms with E-state index in [4.69, 9.17) is 14.7 Å². The third-order valence-corrected chi connectivity index (χ3v) is 3.06. The Bertz CT molecular complexity index is 438. The van der Waals surface area contributed by atoms with Crippen molar-refractivity contribution in [1.82, 2.24) is 10.2 Å². The lowest BCUT2D eigenvalue weighted by Gasteiger charge is -2.29. The van der Waals surface area contributed by atoms with Gasteiger partial charge in [-0.05, 0) is 34.1 Å². The highest BCUT2D eigenvalue weighted by molar-refractivity contribution is 5.71. The number of alkyl carbamates (subject to hydrolysis) is 1. The molecule has 7 heteroatoms. The number of nitrogens with one attached hydrogen (secondary N) is 1. The van der Waals surface area contributed by atoms with Crippen molar-refractivity contribution in [1.29, 1.82) is 5.26 Å². The molecule has 1 saturated heterocycles. The van der Waals surface area contributed by atoms with Gasteiger partial charge in [0, 0.05) is 13.1 Å². The fraction of sp³-hybridized carbons (Fsp3) is 0.786. The van der Waals surface area contributed by atoms with Gasteiger partial charge in [0.25, 0.3) is 0 Å². The van der Waals surface area contributed by atoms with Gasteiger partial charge in [-0.3, -0.25) is 0 Å². The standard InChI is InChI=1S/C14H23N3O4/c1-5-20-12(19)17-9-7-14(10-17,6-8-15)16-11(18)21-13(2,3)4/h5-7,9-10H2,1-4H3,(H,16,18). The van der Waals surface area contributed by atoms with E-state index in [-0.39, 0.29) is 13.0 Å². The molecular weight excluding hydrogens is 274 g/mol. The molecule has 0 aromatic carbocycles. The molecule has 118 valence electrons. The van der Waals surface area contributed by atoms with Crippen LogP contribution in [0.4, 0.5) is 9.59 Å². The molecule has 0 aliphatic carbocycles. The van der Waals surface area contributed by atoms with Gasteiger partial charge in [-0.1, -0.05) is 0 Å². The maximum absolute atomic E-state index is 11.9. The van der Waals surface area contributed by atoms with Gasteiger partial charge in [-0.2, -0.15) is 5.26 Å². The van der Waals surface area contributed by atoms with Crippen LogP contribution in [-0.2, 0) is 9.47 Å².